The highest BCUT2D eigenvalue weighted by atomic mass is 127. The summed E-state index contributed by atoms with van der Waals surface area (Å²) in [5, 5.41) is 17.6. The number of aromatic nitrogens is 2. The van der Waals surface area contributed by atoms with Crippen LogP contribution >= 0.6 is 45.7 Å². The average Bonchev–Trinajstić information content (AvgIpc) is 2.77. The molecule has 2 aromatic heterocycles. The van der Waals surface area contributed by atoms with Crippen molar-refractivity contribution >= 4 is 58.2 Å². The molecule has 0 unspecified atom stereocenters. The molecule has 0 amide bonds. The van der Waals surface area contributed by atoms with Gasteiger partial charge in [-0.05, 0) is 73.4 Å². The number of halogens is 1. The fourth-order valence-electron chi connectivity index (χ4n) is 1.33. The minimum Gasteiger partial charge on any atom is -0.423 e. The molecule has 2 rings (SSSR count). The Morgan fingerprint density at radius 1 is 0.944 bits per heavy atom. The van der Waals surface area contributed by atoms with Crippen LogP contribution in [0, 0.1) is 31.3 Å². The molecule has 18 heavy (non-hydrogen) atoms. The van der Waals surface area contributed by atoms with Crippen molar-refractivity contribution in [3.63, 3.8) is 0 Å². The molecule has 0 spiro atoms. The summed E-state index contributed by atoms with van der Waals surface area (Å²) < 4.78 is 9.42. The monoisotopic (exact) mass is 396 g/mol. The van der Waals surface area contributed by atoms with Gasteiger partial charge in [-0.1, -0.05) is 0 Å². The van der Waals surface area contributed by atoms with E-state index >= 15 is 0 Å². The van der Waals surface area contributed by atoms with Gasteiger partial charge in [0.25, 0.3) is 0 Å². The molecule has 0 radical (unpaired) electrons. The Bertz CT molecular complexity index is 489. The molecule has 2 aromatic rings. The lowest BCUT2D eigenvalue weighted by Crippen LogP contribution is -2.32. The third-order valence-electron chi connectivity index (χ3n) is 2.29. The minimum absolute atomic E-state index is 0.546. The van der Waals surface area contributed by atoms with Gasteiger partial charge in [0.15, 0.2) is 0 Å². The Morgan fingerprint density at radius 2 is 1.44 bits per heavy atom. The Kier molecular flexibility index (Phi) is 6.19. The molecule has 0 aliphatic rings. The van der Waals surface area contributed by atoms with Gasteiger partial charge >= 0.3 is 7.12 Å². The van der Waals surface area contributed by atoms with E-state index in [0.29, 0.717) is 11.2 Å². The van der Waals surface area contributed by atoms with Crippen LogP contribution in [0.4, 0.5) is 0 Å². The quantitative estimate of drug-likeness (QED) is 0.570. The van der Waals surface area contributed by atoms with Crippen molar-refractivity contribution < 1.29 is 10.0 Å². The molecule has 0 aromatic carbocycles. The second-order valence-electron chi connectivity index (χ2n) is 3.75. The molecule has 0 saturated heterocycles. The summed E-state index contributed by atoms with van der Waals surface area (Å²) in [5.74, 6) is 0. The van der Waals surface area contributed by atoms with E-state index in [0.717, 1.165) is 10.6 Å². The van der Waals surface area contributed by atoms with Gasteiger partial charge in [-0.15, -0.1) is 0 Å². The van der Waals surface area contributed by atoms with E-state index in [-0.39, 0.29) is 0 Å². The largest absolute Gasteiger partial charge is 0.491 e. The molecule has 8 heteroatoms. The van der Waals surface area contributed by atoms with E-state index in [1.807, 2.05) is 13.8 Å². The molecule has 0 aliphatic carbocycles. The van der Waals surface area contributed by atoms with Crippen LogP contribution in [-0.4, -0.2) is 25.9 Å². The fourth-order valence-corrected chi connectivity index (χ4v) is 3.23. The predicted molar refractivity (Wildman–Crippen MR) is 85.7 cm³/mol. The summed E-state index contributed by atoms with van der Waals surface area (Å²) in [6.07, 6.45) is 0. The number of nitrogens with zero attached hydrogens (tertiary/aromatic N) is 2. The van der Waals surface area contributed by atoms with Gasteiger partial charge < -0.3 is 10.0 Å². The molecular weight excluding hydrogens is 382 g/mol. The highest BCUT2D eigenvalue weighted by Crippen LogP contribution is 2.18. The maximum absolute atomic E-state index is 8.80. The zero-order chi connectivity index (χ0) is 13.9. The molecule has 4 nitrogen and oxygen atoms in total. The number of aryl methyl sites for hydroxylation is 4. The maximum Gasteiger partial charge on any atom is 0.491 e. The van der Waals surface area contributed by atoms with Crippen LogP contribution in [0.25, 0.3) is 0 Å². The van der Waals surface area contributed by atoms with E-state index in [1.54, 1.807) is 18.5 Å². The standard InChI is InChI=1S/C5H8BNO2S.C5H6INS/c1-3-5(6(8)9)4(2)10-7-3;1-3-5(6)4(2)8-7-3/h8-9H,1-2H3;1-2H3. The first kappa shape index (κ1) is 16.0. The molecule has 0 aliphatic heterocycles. The Labute approximate surface area is 129 Å². The summed E-state index contributed by atoms with van der Waals surface area (Å²) in [6.45, 7) is 7.70. The van der Waals surface area contributed by atoms with Gasteiger partial charge in [-0.3, -0.25) is 0 Å². The zero-order valence-electron chi connectivity index (χ0n) is 10.6. The van der Waals surface area contributed by atoms with E-state index in [2.05, 4.69) is 38.3 Å². The number of hydrogen-bond donors (Lipinski definition) is 2. The maximum atomic E-state index is 8.80. The van der Waals surface area contributed by atoms with Crippen LogP contribution in [0.5, 0.6) is 0 Å². The fraction of sp³-hybridized carbons (Fsp3) is 0.400. The lowest BCUT2D eigenvalue weighted by Gasteiger charge is -1.95. The smallest absolute Gasteiger partial charge is 0.423 e. The number of hydrogen-bond acceptors (Lipinski definition) is 6. The van der Waals surface area contributed by atoms with E-state index < -0.39 is 7.12 Å². The first-order valence-electron chi connectivity index (χ1n) is 5.21. The third-order valence-corrected chi connectivity index (χ3v) is 5.95. The van der Waals surface area contributed by atoms with Crippen LogP contribution < -0.4 is 5.46 Å². The van der Waals surface area contributed by atoms with Gasteiger partial charge in [-0.25, -0.2) is 0 Å². The van der Waals surface area contributed by atoms with Crippen LogP contribution in [0.2, 0.25) is 0 Å². The SMILES string of the molecule is Cc1nsc(C)c1B(O)O.Cc1nsc(C)c1I. The second-order valence-corrected chi connectivity index (χ2v) is 6.78. The molecule has 2 N–H and O–H groups in total. The van der Waals surface area contributed by atoms with Crippen molar-refractivity contribution in [3.05, 3.63) is 24.7 Å². The van der Waals surface area contributed by atoms with Crippen LogP contribution in [-0.2, 0) is 0 Å². The zero-order valence-corrected chi connectivity index (χ0v) is 14.4. The second kappa shape index (κ2) is 6.95. The van der Waals surface area contributed by atoms with Gasteiger partial charge in [0.2, 0.25) is 0 Å². The normalized spacial score (nSPS) is 9.94. The van der Waals surface area contributed by atoms with Crippen LogP contribution in [0.3, 0.4) is 0 Å². The Morgan fingerprint density at radius 3 is 1.61 bits per heavy atom. The first-order valence-corrected chi connectivity index (χ1v) is 7.84. The van der Waals surface area contributed by atoms with E-state index in [1.165, 1.54) is 20.0 Å². The Hall–Kier alpha value is -0.0251. The highest BCUT2D eigenvalue weighted by Gasteiger charge is 2.19. The Balaban J connectivity index is 0.000000184. The van der Waals surface area contributed by atoms with E-state index in [4.69, 9.17) is 10.0 Å². The minimum atomic E-state index is -1.38. The number of rotatable bonds is 1. The molecule has 0 atom stereocenters. The lowest BCUT2D eigenvalue weighted by atomic mass is 9.79. The molecular formula is C10H14BIN2O2S2. The molecule has 0 fully saturated rings. The van der Waals surface area contributed by atoms with Crippen molar-refractivity contribution in [2.45, 2.75) is 27.7 Å². The van der Waals surface area contributed by atoms with Crippen molar-refractivity contribution in [2.75, 3.05) is 0 Å². The first-order chi connectivity index (χ1) is 8.34. The average molecular weight is 396 g/mol. The van der Waals surface area contributed by atoms with Crippen LogP contribution in [0.1, 0.15) is 21.1 Å². The van der Waals surface area contributed by atoms with Crippen molar-refractivity contribution in [2.24, 2.45) is 0 Å². The topological polar surface area (TPSA) is 66.2 Å². The van der Waals surface area contributed by atoms with Gasteiger partial charge in [-0.2, -0.15) is 8.75 Å². The summed E-state index contributed by atoms with van der Waals surface area (Å²) in [4.78, 5) is 2.19. The van der Waals surface area contributed by atoms with Crippen molar-refractivity contribution in [1.82, 2.24) is 8.75 Å². The summed E-state index contributed by atoms with van der Waals surface area (Å²) >= 11 is 5.17. The van der Waals surface area contributed by atoms with Crippen LogP contribution in [0.15, 0.2) is 0 Å². The lowest BCUT2D eigenvalue weighted by molar-refractivity contribution is 0.425. The summed E-state index contributed by atoms with van der Waals surface area (Å²) in [5.41, 5.74) is 2.41. The summed E-state index contributed by atoms with van der Waals surface area (Å²) in [7, 11) is -1.38. The predicted octanol–water partition coefficient (Wildman–Crippen LogP) is 1.80. The molecule has 98 valence electrons. The highest BCUT2D eigenvalue weighted by molar-refractivity contribution is 14.1. The van der Waals surface area contributed by atoms with Gasteiger partial charge in [0.1, 0.15) is 0 Å². The van der Waals surface area contributed by atoms with Crippen molar-refractivity contribution in [1.29, 1.82) is 0 Å². The summed E-state index contributed by atoms with van der Waals surface area (Å²) in [6, 6.07) is 0. The third kappa shape index (κ3) is 3.99. The van der Waals surface area contributed by atoms with Gasteiger partial charge in [0.05, 0.1) is 11.4 Å². The van der Waals surface area contributed by atoms with E-state index in [9.17, 15) is 0 Å². The molecule has 2 heterocycles. The molecule has 0 saturated carbocycles. The van der Waals surface area contributed by atoms with Crippen molar-refractivity contribution in [3.8, 4) is 0 Å². The van der Waals surface area contributed by atoms with Gasteiger partial charge in [0, 0.05) is 18.8 Å². The molecule has 0 bridgehead atoms.